The van der Waals surface area contributed by atoms with Gasteiger partial charge in [-0.3, -0.25) is 10.00 Å². The molecule has 6 nitrogen and oxygen atoms in total. The summed E-state index contributed by atoms with van der Waals surface area (Å²) >= 11 is 0. The average Bonchev–Trinajstić information content (AvgIpc) is 3.16. The molecule has 0 radical (unpaired) electrons. The van der Waals surface area contributed by atoms with Crippen molar-refractivity contribution in [3.8, 4) is 11.5 Å². The second kappa shape index (κ2) is 6.79. The first-order valence-corrected chi connectivity index (χ1v) is 7.66. The van der Waals surface area contributed by atoms with Gasteiger partial charge in [0.05, 0.1) is 13.2 Å². The quantitative estimate of drug-likeness (QED) is 0.887. The Hall–Kier alpha value is -2.08. The highest BCUT2D eigenvalue weighted by molar-refractivity contribution is 5.31. The topological polar surface area (TPSA) is 63.3 Å². The Morgan fingerprint density at radius 3 is 2.73 bits per heavy atom. The number of nitrogens with zero attached hydrogens (tertiary/aromatic N) is 3. The molecule has 2 heterocycles. The third-order valence-corrected chi connectivity index (χ3v) is 3.98. The molecule has 118 valence electrons. The number of hydrogen-bond donors (Lipinski definition) is 1. The van der Waals surface area contributed by atoms with E-state index in [-0.39, 0.29) is 0 Å². The Balaban J connectivity index is 1.51. The smallest absolute Gasteiger partial charge is 0.167 e. The minimum Gasteiger partial charge on any atom is -0.497 e. The molecule has 0 saturated carbocycles. The SMILES string of the molecule is COc1ccc(OCCN2CCCC2c2n[nH]c(C)n2)cc1. The van der Waals surface area contributed by atoms with Gasteiger partial charge >= 0.3 is 0 Å². The van der Waals surface area contributed by atoms with Crippen molar-refractivity contribution < 1.29 is 9.47 Å². The predicted octanol–water partition coefficient (Wildman–Crippen LogP) is 2.34. The van der Waals surface area contributed by atoms with Crippen molar-refractivity contribution in [2.75, 3.05) is 26.8 Å². The van der Waals surface area contributed by atoms with E-state index in [9.17, 15) is 0 Å². The number of aryl methyl sites for hydroxylation is 1. The first kappa shape index (κ1) is 14.8. The average molecular weight is 302 g/mol. The fourth-order valence-corrected chi connectivity index (χ4v) is 2.85. The lowest BCUT2D eigenvalue weighted by molar-refractivity contribution is 0.193. The Morgan fingerprint density at radius 2 is 2.05 bits per heavy atom. The second-order valence-electron chi connectivity index (χ2n) is 5.50. The summed E-state index contributed by atoms with van der Waals surface area (Å²) in [5.41, 5.74) is 0. The van der Waals surface area contributed by atoms with Crippen molar-refractivity contribution in [1.29, 1.82) is 0 Å². The molecule has 1 unspecified atom stereocenters. The summed E-state index contributed by atoms with van der Waals surface area (Å²) < 4.78 is 11.0. The van der Waals surface area contributed by atoms with Gasteiger partial charge in [-0.15, -0.1) is 0 Å². The standard InChI is InChI=1S/C16H22N4O2/c1-12-17-16(19-18-12)15-4-3-9-20(15)10-11-22-14-7-5-13(21-2)6-8-14/h5-8,15H,3-4,9-11H2,1-2H3,(H,17,18,19). The molecule has 1 N–H and O–H groups in total. The number of H-pyrrole nitrogens is 1. The van der Waals surface area contributed by atoms with Crippen molar-refractivity contribution in [1.82, 2.24) is 20.1 Å². The van der Waals surface area contributed by atoms with Crippen LogP contribution in [0.3, 0.4) is 0 Å². The van der Waals surface area contributed by atoms with E-state index in [0.29, 0.717) is 12.6 Å². The van der Waals surface area contributed by atoms with Gasteiger partial charge in [0.1, 0.15) is 23.9 Å². The summed E-state index contributed by atoms with van der Waals surface area (Å²) in [6, 6.07) is 7.98. The molecule has 1 aliphatic rings. The molecule has 1 atom stereocenters. The molecule has 1 aromatic carbocycles. The van der Waals surface area contributed by atoms with Crippen molar-refractivity contribution >= 4 is 0 Å². The number of hydrogen-bond acceptors (Lipinski definition) is 5. The van der Waals surface area contributed by atoms with Crippen molar-refractivity contribution in [3.63, 3.8) is 0 Å². The Morgan fingerprint density at radius 1 is 1.27 bits per heavy atom. The Kier molecular flexibility index (Phi) is 4.58. The van der Waals surface area contributed by atoms with Crippen LogP contribution in [0, 0.1) is 6.92 Å². The lowest BCUT2D eigenvalue weighted by Gasteiger charge is -2.22. The summed E-state index contributed by atoms with van der Waals surface area (Å²) in [4.78, 5) is 6.86. The highest BCUT2D eigenvalue weighted by atomic mass is 16.5. The van der Waals surface area contributed by atoms with E-state index in [0.717, 1.165) is 42.7 Å². The molecule has 0 amide bonds. The maximum atomic E-state index is 5.81. The van der Waals surface area contributed by atoms with Gasteiger partial charge in [-0.25, -0.2) is 4.98 Å². The molecular weight excluding hydrogens is 280 g/mol. The van der Waals surface area contributed by atoms with Crippen LogP contribution in [0.4, 0.5) is 0 Å². The van der Waals surface area contributed by atoms with E-state index < -0.39 is 0 Å². The van der Waals surface area contributed by atoms with E-state index in [4.69, 9.17) is 9.47 Å². The van der Waals surface area contributed by atoms with Crippen LogP contribution in [-0.4, -0.2) is 46.9 Å². The minimum absolute atomic E-state index is 0.310. The molecule has 6 heteroatoms. The molecule has 3 rings (SSSR count). The Bertz CT molecular complexity index is 596. The number of methoxy groups -OCH3 is 1. The number of likely N-dealkylation sites (tertiary alicyclic amines) is 1. The van der Waals surface area contributed by atoms with Crippen molar-refractivity contribution in [2.45, 2.75) is 25.8 Å². The van der Waals surface area contributed by atoms with Crippen LogP contribution in [0.1, 0.15) is 30.5 Å². The zero-order valence-corrected chi connectivity index (χ0v) is 13.1. The monoisotopic (exact) mass is 302 g/mol. The number of aromatic amines is 1. The Labute approximate surface area is 130 Å². The fourth-order valence-electron chi connectivity index (χ4n) is 2.85. The zero-order valence-electron chi connectivity index (χ0n) is 13.1. The highest BCUT2D eigenvalue weighted by Crippen LogP contribution is 2.29. The van der Waals surface area contributed by atoms with Crippen LogP contribution in [0.5, 0.6) is 11.5 Å². The van der Waals surface area contributed by atoms with Crippen molar-refractivity contribution in [3.05, 3.63) is 35.9 Å². The molecular formula is C16H22N4O2. The molecule has 0 bridgehead atoms. The maximum absolute atomic E-state index is 5.81. The van der Waals surface area contributed by atoms with Crippen LogP contribution < -0.4 is 9.47 Å². The third kappa shape index (κ3) is 3.39. The number of aromatic nitrogens is 3. The lowest BCUT2D eigenvalue weighted by Crippen LogP contribution is -2.28. The van der Waals surface area contributed by atoms with E-state index in [1.54, 1.807) is 7.11 Å². The van der Waals surface area contributed by atoms with E-state index in [1.807, 2.05) is 31.2 Å². The van der Waals surface area contributed by atoms with E-state index in [2.05, 4.69) is 20.1 Å². The zero-order chi connectivity index (χ0) is 15.4. The van der Waals surface area contributed by atoms with Crippen LogP contribution in [0.25, 0.3) is 0 Å². The fraction of sp³-hybridized carbons (Fsp3) is 0.500. The van der Waals surface area contributed by atoms with Gasteiger partial charge in [0, 0.05) is 6.54 Å². The van der Waals surface area contributed by atoms with Crippen LogP contribution >= 0.6 is 0 Å². The highest BCUT2D eigenvalue weighted by Gasteiger charge is 2.28. The summed E-state index contributed by atoms with van der Waals surface area (Å²) in [6.45, 7) is 4.54. The molecule has 1 aromatic heterocycles. The molecule has 2 aromatic rings. The number of rotatable bonds is 6. The van der Waals surface area contributed by atoms with Gasteiger partial charge in [-0.1, -0.05) is 0 Å². The number of ether oxygens (including phenoxy) is 2. The lowest BCUT2D eigenvalue weighted by atomic mass is 10.2. The van der Waals surface area contributed by atoms with Gasteiger partial charge in [0.15, 0.2) is 5.82 Å². The molecule has 1 fully saturated rings. The largest absolute Gasteiger partial charge is 0.497 e. The van der Waals surface area contributed by atoms with Gasteiger partial charge < -0.3 is 9.47 Å². The summed E-state index contributed by atoms with van der Waals surface area (Å²) in [5.74, 6) is 3.48. The normalized spacial score (nSPS) is 18.5. The first-order chi connectivity index (χ1) is 10.8. The summed E-state index contributed by atoms with van der Waals surface area (Å²) in [5, 5.41) is 7.23. The molecule has 1 saturated heterocycles. The van der Waals surface area contributed by atoms with Gasteiger partial charge in [0.2, 0.25) is 0 Å². The predicted molar refractivity (Wildman–Crippen MR) is 83.2 cm³/mol. The first-order valence-electron chi connectivity index (χ1n) is 7.66. The van der Waals surface area contributed by atoms with Crippen LogP contribution in [0.15, 0.2) is 24.3 Å². The second-order valence-corrected chi connectivity index (χ2v) is 5.50. The summed E-state index contributed by atoms with van der Waals surface area (Å²) in [6.07, 6.45) is 2.29. The van der Waals surface area contributed by atoms with Crippen LogP contribution in [0.2, 0.25) is 0 Å². The molecule has 1 aliphatic heterocycles. The van der Waals surface area contributed by atoms with Gasteiger partial charge in [-0.05, 0) is 50.6 Å². The number of benzene rings is 1. The van der Waals surface area contributed by atoms with Gasteiger partial charge in [0.25, 0.3) is 0 Å². The van der Waals surface area contributed by atoms with Gasteiger partial charge in [-0.2, -0.15) is 5.10 Å². The number of nitrogens with one attached hydrogen (secondary N) is 1. The molecule has 0 aliphatic carbocycles. The minimum atomic E-state index is 0.310. The van der Waals surface area contributed by atoms with E-state index in [1.165, 1.54) is 6.42 Å². The maximum Gasteiger partial charge on any atom is 0.167 e. The molecule has 0 spiro atoms. The third-order valence-electron chi connectivity index (χ3n) is 3.98. The molecule has 22 heavy (non-hydrogen) atoms. The van der Waals surface area contributed by atoms with Crippen molar-refractivity contribution in [2.24, 2.45) is 0 Å². The van der Waals surface area contributed by atoms with Crippen LogP contribution in [-0.2, 0) is 0 Å². The summed E-state index contributed by atoms with van der Waals surface area (Å²) in [7, 11) is 1.66. The van der Waals surface area contributed by atoms with E-state index >= 15 is 0 Å².